The highest BCUT2D eigenvalue weighted by Crippen LogP contribution is 2.23. The maximum absolute atomic E-state index is 12.1. The van der Waals surface area contributed by atoms with Gasteiger partial charge in [0.1, 0.15) is 6.54 Å². The molecule has 2 aliphatic carbocycles. The number of hydrogen-bond acceptors (Lipinski definition) is 3. The van der Waals surface area contributed by atoms with Crippen LogP contribution in [0.3, 0.4) is 0 Å². The zero-order chi connectivity index (χ0) is 16.8. The largest absolute Gasteiger partial charge is 0.353 e. The van der Waals surface area contributed by atoms with Crippen molar-refractivity contribution < 1.29 is 9.59 Å². The molecule has 0 bridgehead atoms. The predicted octanol–water partition coefficient (Wildman–Crippen LogP) is 2.29. The summed E-state index contributed by atoms with van der Waals surface area (Å²) >= 11 is 0. The number of aromatic nitrogens is 1. The van der Waals surface area contributed by atoms with Crippen molar-refractivity contribution in [2.45, 2.75) is 57.9 Å². The van der Waals surface area contributed by atoms with Crippen molar-refractivity contribution in [3.8, 4) is 0 Å². The molecule has 1 saturated carbocycles. The van der Waals surface area contributed by atoms with Gasteiger partial charge in [-0.15, -0.1) is 0 Å². The Morgan fingerprint density at radius 3 is 2.79 bits per heavy atom. The number of carbonyl (C=O) groups excluding carboxylic acids is 2. The second kappa shape index (κ2) is 8.47. The summed E-state index contributed by atoms with van der Waals surface area (Å²) in [7, 11) is 0. The summed E-state index contributed by atoms with van der Waals surface area (Å²) < 4.78 is 1.93. The number of fused-ring (bicyclic) bond motifs is 1. The molecule has 1 aromatic rings. The normalized spacial score (nSPS) is 18.4. The number of amides is 1. The minimum Gasteiger partial charge on any atom is -0.353 e. The van der Waals surface area contributed by atoms with Crippen molar-refractivity contribution in [2.24, 2.45) is 5.92 Å². The SMILES string of the molecule is O=C(Cn1ccc2c1CCCC2=O)NCCNCC1CCCCC1. The van der Waals surface area contributed by atoms with Crippen LogP contribution in [0.4, 0.5) is 0 Å². The second-order valence-electron chi connectivity index (χ2n) is 7.14. The highest BCUT2D eigenvalue weighted by molar-refractivity contribution is 5.98. The van der Waals surface area contributed by atoms with Gasteiger partial charge in [-0.3, -0.25) is 9.59 Å². The third-order valence-corrected chi connectivity index (χ3v) is 5.29. The van der Waals surface area contributed by atoms with Gasteiger partial charge in [-0.2, -0.15) is 0 Å². The molecule has 3 rings (SSSR count). The van der Waals surface area contributed by atoms with Crippen LogP contribution in [0.15, 0.2) is 12.3 Å². The van der Waals surface area contributed by atoms with E-state index in [1.807, 2.05) is 16.8 Å². The molecular weight excluding hydrogens is 302 g/mol. The maximum Gasteiger partial charge on any atom is 0.239 e. The highest BCUT2D eigenvalue weighted by atomic mass is 16.2. The number of carbonyl (C=O) groups is 2. The molecule has 1 amide bonds. The van der Waals surface area contributed by atoms with Gasteiger partial charge in [-0.05, 0) is 44.2 Å². The Morgan fingerprint density at radius 1 is 1.12 bits per heavy atom. The van der Waals surface area contributed by atoms with E-state index in [1.165, 1.54) is 32.1 Å². The van der Waals surface area contributed by atoms with Gasteiger partial charge in [-0.25, -0.2) is 0 Å². The summed E-state index contributed by atoms with van der Waals surface area (Å²) in [5, 5.41) is 6.43. The Labute approximate surface area is 144 Å². The van der Waals surface area contributed by atoms with Crippen LogP contribution in [0.1, 0.15) is 61.0 Å². The van der Waals surface area contributed by atoms with Crippen LogP contribution in [-0.4, -0.2) is 35.9 Å². The van der Waals surface area contributed by atoms with Crippen LogP contribution in [-0.2, 0) is 17.8 Å². The van der Waals surface area contributed by atoms with E-state index in [4.69, 9.17) is 0 Å². The first kappa shape index (κ1) is 17.2. The minimum absolute atomic E-state index is 0.0193. The fourth-order valence-corrected chi connectivity index (χ4v) is 3.94. The monoisotopic (exact) mass is 331 g/mol. The molecule has 0 unspecified atom stereocenters. The standard InChI is InChI=1S/C19H29N3O2/c23-18-8-4-7-17-16(18)9-12-22(17)14-19(24)21-11-10-20-13-15-5-2-1-3-6-15/h9,12,15,20H,1-8,10-11,13-14H2,(H,21,24). The molecule has 5 heteroatoms. The lowest BCUT2D eigenvalue weighted by atomic mass is 9.89. The molecule has 0 aromatic carbocycles. The van der Waals surface area contributed by atoms with Crippen LogP contribution in [0.25, 0.3) is 0 Å². The second-order valence-corrected chi connectivity index (χ2v) is 7.14. The van der Waals surface area contributed by atoms with Crippen molar-refractivity contribution in [2.75, 3.05) is 19.6 Å². The van der Waals surface area contributed by atoms with E-state index in [-0.39, 0.29) is 11.7 Å². The van der Waals surface area contributed by atoms with Crippen molar-refractivity contribution in [1.29, 1.82) is 0 Å². The average molecular weight is 331 g/mol. The van der Waals surface area contributed by atoms with Crippen molar-refractivity contribution >= 4 is 11.7 Å². The number of Topliss-reactive ketones (excluding diaryl/α,β-unsaturated/α-hetero) is 1. The highest BCUT2D eigenvalue weighted by Gasteiger charge is 2.21. The van der Waals surface area contributed by atoms with Crippen LogP contribution >= 0.6 is 0 Å². The molecule has 0 saturated heterocycles. The van der Waals surface area contributed by atoms with Gasteiger partial charge in [0.25, 0.3) is 0 Å². The first-order chi connectivity index (χ1) is 11.7. The average Bonchev–Trinajstić information content (AvgIpc) is 3.00. The molecule has 0 aliphatic heterocycles. The first-order valence-electron chi connectivity index (χ1n) is 9.42. The minimum atomic E-state index is 0.0193. The van der Waals surface area contributed by atoms with Crippen LogP contribution < -0.4 is 10.6 Å². The number of ketones is 1. The number of rotatable bonds is 7. The lowest BCUT2D eigenvalue weighted by Gasteiger charge is -2.21. The number of nitrogens with one attached hydrogen (secondary N) is 2. The zero-order valence-corrected chi connectivity index (χ0v) is 14.5. The third-order valence-electron chi connectivity index (χ3n) is 5.29. The van der Waals surface area contributed by atoms with Gasteiger partial charge in [0.2, 0.25) is 5.91 Å². The summed E-state index contributed by atoms with van der Waals surface area (Å²) in [5.74, 6) is 1.05. The molecule has 0 radical (unpaired) electrons. The Bertz CT molecular complexity index is 573. The van der Waals surface area contributed by atoms with E-state index < -0.39 is 0 Å². The lowest BCUT2D eigenvalue weighted by molar-refractivity contribution is -0.121. The molecule has 0 atom stereocenters. The van der Waals surface area contributed by atoms with E-state index in [2.05, 4.69) is 10.6 Å². The van der Waals surface area contributed by atoms with Gasteiger partial charge in [0.05, 0.1) is 0 Å². The Balaban J connectivity index is 1.35. The molecule has 1 heterocycles. The molecule has 1 fully saturated rings. The van der Waals surface area contributed by atoms with Gasteiger partial charge in [0, 0.05) is 37.0 Å². The molecule has 0 spiro atoms. The zero-order valence-electron chi connectivity index (χ0n) is 14.5. The molecule has 1 aromatic heterocycles. The smallest absolute Gasteiger partial charge is 0.239 e. The van der Waals surface area contributed by atoms with Gasteiger partial charge in [-0.1, -0.05) is 19.3 Å². The summed E-state index contributed by atoms with van der Waals surface area (Å²) in [6, 6.07) is 1.86. The summed E-state index contributed by atoms with van der Waals surface area (Å²) in [6.07, 6.45) is 11.1. The first-order valence-corrected chi connectivity index (χ1v) is 9.42. The summed E-state index contributed by atoms with van der Waals surface area (Å²) in [5.41, 5.74) is 1.83. The van der Waals surface area contributed by atoms with E-state index in [9.17, 15) is 9.59 Å². The molecule has 24 heavy (non-hydrogen) atoms. The number of nitrogens with zero attached hydrogens (tertiary/aromatic N) is 1. The predicted molar refractivity (Wildman–Crippen MR) is 94.2 cm³/mol. The number of hydrogen-bond donors (Lipinski definition) is 2. The van der Waals surface area contributed by atoms with E-state index in [0.717, 1.165) is 43.1 Å². The molecule has 2 N–H and O–H groups in total. The van der Waals surface area contributed by atoms with Crippen molar-refractivity contribution in [3.63, 3.8) is 0 Å². The Morgan fingerprint density at radius 2 is 1.96 bits per heavy atom. The topological polar surface area (TPSA) is 63.1 Å². The van der Waals surface area contributed by atoms with E-state index >= 15 is 0 Å². The molecule has 132 valence electrons. The lowest BCUT2D eigenvalue weighted by Crippen LogP contribution is -2.36. The Kier molecular flexibility index (Phi) is 6.07. The maximum atomic E-state index is 12.1. The van der Waals surface area contributed by atoms with Crippen LogP contribution in [0.2, 0.25) is 0 Å². The third kappa shape index (κ3) is 4.47. The van der Waals surface area contributed by atoms with E-state index in [1.54, 1.807) is 0 Å². The van der Waals surface area contributed by atoms with Gasteiger partial charge in [0.15, 0.2) is 5.78 Å². The van der Waals surface area contributed by atoms with Crippen molar-refractivity contribution in [1.82, 2.24) is 15.2 Å². The van der Waals surface area contributed by atoms with Crippen LogP contribution in [0, 0.1) is 5.92 Å². The van der Waals surface area contributed by atoms with E-state index in [0.29, 0.717) is 19.5 Å². The fraction of sp³-hybridized carbons (Fsp3) is 0.684. The molecule has 2 aliphatic rings. The van der Waals surface area contributed by atoms with Crippen molar-refractivity contribution in [3.05, 3.63) is 23.5 Å². The quantitative estimate of drug-likeness (QED) is 0.754. The summed E-state index contributed by atoms with van der Waals surface area (Å²) in [6.45, 7) is 2.87. The fourth-order valence-electron chi connectivity index (χ4n) is 3.94. The van der Waals surface area contributed by atoms with Gasteiger partial charge < -0.3 is 15.2 Å². The van der Waals surface area contributed by atoms with Crippen LogP contribution in [0.5, 0.6) is 0 Å². The molecule has 5 nitrogen and oxygen atoms in total. The summed E-state index contributed by atoms with van der Waals surface area (Å²) in [4.78, 5) is 23.9. The van der Waals surface area contributed by atoms with Gasteiger partial charge >= 0.3 is 0 Å². The Hall–Kier alpha value is -1.62. The molecular formula is C19H29N3O2.